The van der Waals surface area contributed by atoms with E-state index in [1.54, 1.807) is 25.1 Å². The number of ether oxygens (including phenoxy) is 4. The van der Waals surface area contributed by atoms with E-state index in [9.17, 15) is 14.7 Å². The van der Waals surface area contributed by atoms with Crippen LogP contribution in [-0.2, 0) is 11.3 Å². The fraction of sp³-hybridized carbons (Fsp3) is 0.462. The number of aliphatic hydroxyl groups excluding tert-OH is 1. The Morgan fingerprint density at radius 1 is 1.26 bits per heavy atom. The van der Waals surface area contributed by atoms with Gasteiger partial charge in [-0.05, 0) is 56.9 Å². The van der Waals surface area contributed by atoms with E-state index >= 15 is 0 Å². The summed E-state index contributed by atoms with van der Waals surface area (Å²) >= 11 is 6.53. The molecule has 0 unspecified atom stereocenters. The Bertz CT molecular complexity index is 1110. The van der Waals surface area contributed by atoms with Crippen LogP contribution in [0.2, 0.25) is 5.02 Å². The summed E-state index contributed by atoms with van der Waals surface area (Å²) in [4.78, 5) is 27.3. The summed E-state index contributed by atoms with van der Waals surface area (Å²) in [5.41, 5.74) is 1.52. The molecule has 0 saturated heterocycles. The first-order chi connectivity index (χ1) is 16.6. The number of hydrogen-bond acceptors (Lipinski definition) is 7. The molecule has 190 valence electrons. The number of esters is 1. The molecule has 2 aromatic carbocycles. The molecule has 0 aromatic heterocycles. The number of amides is 1. The zero-order valence-electron chi connectivity index (χ0n) is 20.9. The number of aliphatic hydroxyl groups is 1. The molecule has 0 saturated carbocycles. The van der Waals surface area contributed by atoms with Crippen LogP contribution in [0.25, 0.3) is 0 Å². The lowest BCUT2D eigenvalue weighted by atomic mass is 9.96. The van der Waals surface area contributed by atoms with Crippen molar-refractivity contribution in [2.24, 2.45) is 5.92 Å². The molecule has 9 heteroatoms. The van der Waals surface area contributed by atoms with Gasteiger partial charge in [0.2, 0.25) is 0 Å². The van der Waals surface area contributed by atoms with Crippen molar-refractivity contribution in [3.05, 3.63) is 45.5 Å². The van der Waals surface area contributed by atoms with Gasteiger partial charge in [0, 0.05) is 18.7 Å². The Morgan fingerprint density at radius 2 is 1.94 bits per heavy atom. The molecular weight excluding hydrogens is 474 g/mol. The molecule has 3 rings (SSSR count). The first-order valence-corrected chi connectivity index (χ1v) is 12.0. The predicted molar refractivity (Wildman–Crippen MR) is 132 cm³/mol. The summed E-state index contributed by atoms with van der Waals surface area (Å²) in [6.45, 7) is 10.2. The third-order valence-corrected chi connectivity index (χ3v) is 6.37. The molecule has 0 fully saturated rings. The molecule has 1 atom stereocenters. The van der Waals surface area contributed by atoms with Crippen molar-refractivity contribution in [1.29, 1.82) is 0 Å². The van der Waals surface area contributed by atoms with Crippen LogP contribution in [0.3, 0.4) is 0 Å². The number of aryl methyl sites for hydroxylation is 1. The molecule has 0 bridgehead atoms. The van der Waals surface area contributed by atoms with E-state index in [2.05, 4.69) is 0 Å². The smallest absolute Gasteiger partial charge is 0.415 e. The monoisotopic (exact) mass is 505 g/mol. The molecule has 1 aliphatic rings. The Labute approximate surface area is 210 Å². The molecule has 1 amide bonds. The normalized spacial score (nSPS) is 13.6. The van der Waals surface area contributed by atoms with Crippen molar-refractivity contribution in [3.63, 3.8) is 0 Å². The van der Waals surface area contributed by atoms with E-state index in [1.807, 2.05) is 27.7 Å². The highest BCUT2D eigenvalue weighted by Crippen LogP contribution is 2.46. The lowest BCUT2D eigenvalue weighted by Gasteiger charge is -2.25. The number of fused-ring (bicyclic) bond motifs is 2. The average molecular weight is 506 g/mol. The maximum atomic E-state index is 13.1. The Hall–Kier alpha value is -2.97. The maximum absolute atomic E-state index is 13.1. The average Bonchev–Trinajstić information content (AvgIpc) is 2.80. The molecule has 1 heterocycles. The van der Waals surface area contributed by atoms with E-state index in [0.717, 1.165) is 0 Å². The van der Waals surface area contributed by atoms with Crippen LogP contribution in [0.4, 0.5) is 4.79 Å². The first kappa shape index (κ1) is 26.6. The number of cyclic esters (lactones) is 1. The number of hydrogen-bond donors (Lipinski definition) is 1. The molecule has 0 aliphatic carbocycles. The van der Waals surface area contributed by atoms with Crippen LogP contribution in [0.15, 0.2) is 18.2 Å². The molecule has 0 radical (unpaired) electrons. The number of carbonyl (C=O) groups excluding carboxylic acids is 2. The van der Waals surface area contributed by atoms with Gasteiger partial charge in [0.15, 0.2) is 11.5 Å². The summed E-state index contributed by atoms with van der Waals surface area (Å²) in [6, 6.07) is 4.83. The number of benzene rings is 2. The second kappa shape index (κ2) is 11.2. The number of carbonyl (C=O) groups is 2. The van der Waals surface area contributed by atoms with Gasteiger partial charge in [-0.2, -0.15) is 0 Å². The van der Waals surface area contributed by atoms with Gasteiger partial charge in [-0.15, -0.1) is 0 Å². The number of nitrogens with zero attached hydrogens (tertiary/aromatic N) is 1. The minimum Gasteiger partial charge on any atom is -0.495 e. The lowest BCUT2D eigenvalue weighted by molar-refractivity contribution is 0.0453. The van der Waals surface area contributed by atoms with Gasteiger partial charge in [-0.1, -0.05) is 25.4 Å². The SMILES string of the molecule is CCN(CC)C(=O)Oc1cc(C)c(Cl)c2c1Oc1ccc([C@@H](O)CC(C)C)c(OC)c1C(=O)OC2. The summed E-state index contributed by atoms with van der Waals surface area (Å²) in [7, 11) is 1.42. The van der Waals surface area contributed by atoms with Crippen molar-refractivity contribution in [1.82, 2.24) is 4.90 Å². The van der Waals surface area contributed by atoms with E-state index in [1.165, 1.54) is 12.0 Å². The molecule has 2 aromatic rings. The Balaban J connectivity index is 2.15. The van der Waals surface area contributed by atoms with Crippen LogP contribution in [0.5, 0.6) is 23.0 Å². The molecule has 1 N–H and O–H groups in total. The highest BCUT2D eigenvalue weighted by Gasteiger charge is 2.32. The van der Waals surface area contributed by atoms with Crippen molar-refractivity contribution in [2.45, 2.75) is 53.8 Å². The third kappa shape index (κ3) is 5.49. The third-order valence-electron chi connectivity index (χ3n) is 5.85. The summed E-state index contributed by atoms with van der Waals surface area (Å²) in [5, 5.41) is 11.1. The van der Waals surface area contributed by atoms with E-state index in [4.69, 9.17) is 30.5 Å². The fourth-order valence-corrected chi connectivity index (χ4v) is 4.20. The summed E-state index contributed by atoms with van der Waals surface area (Å²) in [6.07, 6.45) is -0.899. The van der Waals surface area contributed by atoms with E-state index in [0.29, 0.717) is 41.2 Å². The minimum absolute atomic E-state index is 0.0381. The highest BCUT2D eigenvalue weighted by molar-refractivity contribution is 6.32. The maximum Gasteiger partial charge on any atom is 0.415 e. The van der Waals surface area contributed by atoms with Gasteiger partial charge < -0.3 is 29.0 Å². The van der Waals surface area contributed by atoms with Gasteiger partial charge in [0.25, 0.3) is 0 Å². The zero-order chi connectivity index (χ0) is 25.9. The second-order valence-corrected chi connectivity index (χ2v) is 9.12. The quantitative estimate of drug-likeness (QED) is 0.458. The zero-order valence-corrected chi connectivity index (χ0v) is 21.7. The van der Waals surface area contributed by atoms with Gasteiger partial charge in [0.1, 0.15) is 23.7 Å². The van der Waals surface area contributed by atoms with Crippen LogP contribution < -0.4 is 14.2 Å². The van der Waals surface area contributed by atoms with Crippen molar-refractivity contribution in [3.8, 4) is 23.0 Å². The molecule has 1 aliphatic heterocycles. The summed E-state index contributed by atoms with van der Waals surface area (Å²) in [5.74, 6) is 0.177. The van der Waals surface area contributed by atoms with Gasteiger partial charge >= 0.3 is 12.1 Å². The molecular formula is C26H32ClNO7. The summed E-state index contributed by atoms with van der Waals surface area (Å²) < 4.78 is 23.0. The number of rotatable bonds is 7. The van der Waals surface area contributed by atoms with Crippen molar-refractivity contribution >= 4 is 23.7 Å². The van der Waals surface area contributed by atoms with Crippen LogP contribution in [0.1, 0.15) is 67.3 Å². The Kier molecular flexibility index (Phi) is 8.51. The standard InChI is InChI=1S/C26H32ClNO7/c1-7-28(8-2)26(31)35-20-12-15(5)22(27)17-13-33-25(30)21-19(34-23(17)20)10-9-16(24(21)32-6)18(29)11-14(3)4/h9-10,12,14,18,29H,7-8,11,13H2,1-6H3/t18-/m0/s1. The van der Waals surface area contributed by atoms with Crippen LogP contribution in [-0.4, -0.2) is 42.3 Å². The van der Waals surface area contributed by atoms with Crippen LogP contribution >= 0.6 is 11.6 Å². The highest BCUT2D eigenvalue weighted by atomic mass is 35.5. The minimum atomic E-state index is -0.844. The van der Waals surface area contributed by atoms with Gasteiger partial charge in [-0.3, -0.25) is 0 Å². The van der Waals surface area contributed by atoms with E-state index < -0.39 is 18.2 Å². The number of methoxy groups -OCH3 is 1. The van der Waals surface area contributed by atoms with Crippen molar-refractivity contribution in [2.75, 3.05) is 20.2 Å². The van der Waals surface area contributed by atoms with Gasteiger partial charge in [0.05, 0.1) is 23.8 Å². The fourth-order valence-electron chi connectivity index (χ4n) is 4.00. The number of halogens is 1. The molecule has 8 nitrogen and oxygen atoms in total. The van der Waals surface area contributed by atoms with Crippen LogP contribution in [0, 0.1) is 12.8 Å². The first-order valence-electron chi connectivity index (χ1n) is 11.6. The lowest BCUT2D eigenvalue weighted by Crippen LogP contribution is -2.33. The largest absolute Gasteiger partial charge is 0.495 e. The van der Waals surface area contributed by atoms with Gasteiger partial charge in [-0.25, -0.2) is 9.59 Å². The molecule has 0 spiro atoms. The topological polar surface area (TPSA) is 94.5 Å². The second-order valence-electron chi connectivity index (χ2n) is 8.74. The molecule has 35 heavy (non-hydrogen) atoms. The predicted octanol–water partition coefficient (Wildman–Crippen LogP) is 6.04. The Morgan fingerprint density at radius 3 is 2.54 bits per heavy atom. The van der Waals surface area contributed by atoms with Crippen molar-refractivity contribution < 1.29 is 33.6 Å². The van der Waals surface area contributed by atoms with E-state index in [-0.39, 0.29) is 41.1 Å².